The number of hydrazone groups is 1. The molecule has 1 aromatic rings. The molecule has 0 aliphatic heterocycles. The number of nitrogens with zero attached hydrogens (tertiary/aromatic N) is 2. The number of benzene rings is 1. The monoisotopic (exact) mass is 280 g/mol. The summed E-state index contributed by atoms with van der Waals surface area (Å²) in [7, 11) is 0. The maximum absolute atomic E-state index is 10.6. The molecule has 0 radical (unpaired) electrons. The van der Waals surface area contributed by atoms with Gasteiger partial charge in [-0.05, 0) is 24.6 Å². The maximum atomic E-state index is 10.6. The Bertz CT molecular complexity index is 485. The molecule has 0 aliphatic rings. The molecule has 1 aromatic carbocycles. The molecule has 2 N–H and O–H groups in total. The van der Waals surface area contributed by atoms with Crippen molar-refractivity contribution in [3.8, 4) is 5.75 Å². The van der Waals surface area contributed by atoms with Gasteiger partial charge in [-0.3, -0.25) is 14.6 Å². The summed E-state index contributed by atoms with van der Waals surface area (Å²) in [6.07, 6.45) is 1.40. The van der Waals surface area contributed by atoms with Gasteiger partial charge in [0, 0.05) is 0 Å². The van der Waals surface area contributed by atoms with E-state index in [2.05, 4.69) is 5.10 Å². The van der Waals surface area contributed by atoms with Crippen molar-refractivity contribution in [1.29, 1.82) is 0 Å². The van der Waals surface area contributed by atoms with Crippen molar-refractivity contribution in [2.75, 3.05) is 19.7 Å². The average Bonchev–Trinajstić information content (AvgIpc) is 2.35. The molecular formula is C13H16N2O5. The van der Waals surface area contributed by atoms with Gasteiger partial charge in [0.15, 0.2) is 0 Å². The first-order valence-corrected chi connectivity index (χ1v) is 5.96. The summed E-state index contributed by atoms with van der Waals surface area (Å²) in [5, 5.41) is 22.2. The number of ether oxygens (including phenoxy) is 1. The third-order valence-corrected chi connectivity index (χ3v) is 2.17. The molecule has 0 saturated heterocycles. The summed E-state index contributed by atoms with van der Waals surface area (Å²) in [6.45, 7) is 1.44. The molecule has 7 heteroatoms. The Morgan fingerprint density at radius 3 is 2.50 bits per heavy atom. The molecule has 0 bridgehead atoms. The molecule has 7 nitrogen and oxygen atoms in total. The predicted molar refractivity (Wildman–Crippen MR) is 72.0 cm³/mol. The minimum absolute atomic E-state index is 0.478. The van der Waals surface area contributed by atoms with Gasteiger partial charge < -0.3 is 14.9 Å². The zero-order chi connectivity index (χ0) is 15.0. The van der Waals surface area contributed by atoms with E-state index < -0.39 is 25.0 Å². The fourth-order valence-electron chi connectivity index (χ4n) is 1.45. The molecule has 108 valence electrons. The molecule has 20 heavy (non-hydrogen) atoms. The second kappa shape index (κ2) is 7.78. The Morgan fingerprint density at radius 2 is 1.95 bits per heavy atom. The summed E-state index contributed by atoms with van der Waals surface area (Å²) < 4.78 is 5.32. The van der Waals surface area contributed by atoms with Crippen molar-refractivity contribution >= 4 is 18.2 Å². The van der Waals surface area contributed by atoms with Crippen LogP contribution < -0.4 is 4.74 Å². The number of hydrogen-bond donors (Lipinski definition) is 2. The second-order valence-corrected chi connectivity index (χ2v) is 3.86. The third-order valence-electron chi connectivity index (χ3n) is 2.17. The lowest BCUT2D eigenvalue weighted by Crippen LogP contribution is -2.30. The quantitative estimate of drug-likeness (QED) is 0.542. The summed E-state index contributed by atoms with van der Waals surface area (Å²) in [5.41, 5.74) is 0.691. The van der Waals surface area contributed by atoms with Crippen LogP contribution >= 0.6 is 0 Å². The SMILES string of the molecule is CCOc1cccc(/C=N\N(CC(=O)O)CC(=O)O)c1. The maximum Gasteiger partial charge on any atom is 0.324 e. The fourth-order valence-corrected chi connectivity index (χ4v) is 1.45. The average molecular weight is 280 g/mol. The van der Waals surface area contributed by atoms with Crippen LogP contribution in [0, 0.1) is 0 Å². The van der Waals surface area contributed by atoms with Crippen molar-refractivity contribution in [2.24, 2.45) is 5.10 Å². The van der Waals surface area contributed by atoms with Crippen LogP contribution in [0.5, 0.6) is 5.75 Å². The highest BCUT2D eigenvalue weighted by molar-refractivity contribution is 5.80. The van der Waals surface area contributed by atoms with Crippen molar-refractivity contribution in [3.63, 3.8) is 0 Å². The molecule has 0 unspecified atom stereocenters. The summed E-state index contributed by atoms with van der Waals surface area (Å²) >= 11 is 0. The van der Waals surface area contributed by atoms with Crippen LogP contribution in [0.4, 0.5) is 0 Å². The van der Waals surface area contributed by atoms with Crippen LogP contribution in [0.1, 0.15) is 12.5 Å². The van der Waals surface area contributed by atoms with Gasteiger partial charge in [0.2, 0.25) is 0 Å². The Hall–Kier alpha value is -2.57. The van der Waals surface area contributed by atoms with E-state index in [-0.39, 0.29) is 0 Å². The van der Waals surface area contributed by atoms with Crippen LogP contribution in [0.2, 0.25) is 0 Å². The first-order chi connectivity index (χ1) is 9.51. The molecule has 0 atom stereocenters. The van der Waals surface area contributed by atoms with Gasteiger partial charge in [0.1, 0.15) is 18.8 Å². The molecular weight excluding hydrogens is 264 g/mol. The van der Waals surface area contributed by atoms with Crippen LogP contribution in [-0.2, 0) is 9.59 Å². The van der Waals surface area contributed by atoms with Gasteiger partial charge in [-0.15, -0.1) is 0 Å². The largest absolute Gasteiger partial charge is 0.494 e. The van der Waals surface area contributed by atoms with Crippen molar-refractivity contribution in [2.45, 2.75) is 6.92 Å². The first kappa shape index (κ1) is 15.5. The van der Waals surface area contributed by atoms with Gasteiger partial charge in [0.25, 0.3) is 0 Å². The molecule has 0 spiro atoms. The van der Waals surface area contributed by atoms with E-state index in [9.17, 15) is 9.59 Å². The van der Waals surface area contributed by atoms with E-state index in [1.807, 2.05) is 6.92 Å². The lowest BCUT2D eigenvalue weighted by atomic mass is 10.2. The van der Waals surface area contributed by atoms with Gasteiger partial charge >= 0.3 is 11.9 Å². The molecule has 0 fully saturated rings. The lowest BCUT2D eigenvalue weighted by Gasteiger charge is -2.13. The highest BCUT2D eigenvalue weighted by Gasteiger charge is 2.10. The van der Waals surface area contributed by atoms with Crippen LogP contribution in [0.15, 0.2) is 29.4 Å². The minimum atomic E-state index is -1.15. The van der Waals surface area contributed by atoms with E-state index in [1.165, 1.54) is 6.21 Å². The summed E-state index contributed by atoms with van der Waals surface area (Å²) in [5.74, 6) is -1.63. The predicted octanol–water partition coefficient (Wildman–Crippen LogP) is 0.890. The number of carboxylic acid groups (broad SMARTS) is 2. The van der Waals surface area contributed by atoms with Crippen molar-refractivity contribution in [3.05, 3.63) is 29.8 Å². The van der Waals surface area contributed by atoms with E-state index in [1.54, 1.807) is 24.3 Å². The Kier molecular flexibility index (Phi) is 6.02. The molecule has 0 saturated carbocycles. The minimum Gasteiger partial charge on any atom is -0.494 e. The van der Waals surface area contributed by atoms with E-state index in [0.29, 0.717) is 17.9 Å². The first-order valence-electron chi connectivity index (χ1n) is 5.96. The van der Waals surface area contributed by atoms with Gasteiger partial charge in [0.05, 0.1) is 12.8 Å². The van der Waals surface area contributed by atoms with Crippen molar-refractivity contribution in [1.82, 2.24) is 5.01 Å². The van der Waals surface area contributed by atoms with Gasteiger partial charge in [-0.1, -0.05) is 12.1 Å². The molecule has 0 heterocycles. The van der Waals surface area contributed by atoms with Gasteiger partial charge in [-0.25, -0.2) is 0 Å². The highest BCUT2D eigenvalue weighted by atomic mass is 16.5. The van der Waals surface area contributed by atoms with Crippen LogP contribution in [0.3, 0.4) is 0 Å². The van der Waals surface area contributed by atoms with E-state index in [4.69, 9.17) is 14.9 Å². The lowest BCUT2D eigenvalue weighted by molar-refractivity contribution is -0.141. The smallest absolute Gasteiger partial charge is 0.324 e. The summed E-state index contributed by atoms with van der Waals surface area (Å²) in [6, 6.07) is 7.04. The molecule has 0 aromatic heterocycles. The Morgan fingerprint density at radius 1 is 1.30 bits per heavy atom. The Balaban J connectivity index is 2.77. The normalized spacial score (nSPS) is 10.4. The van der Waals surface area contributed by atoms with E-state index >= 15 is 0 Å². The zero-order valence-corrected chi connectivity index (χ0v) is 11.0. The zero-order valence-electron chi connectivity index (χ0n) is 11.0. The van der Waals surface area contributed by atoms with Crippen molar-refractivity contribution < 1.29 is 24.5 Å². The standard InChI is InChI=1S/C13H16N2O5/c1-2-20-11-5-3-4-10(6-11)7-14-15(8-12(16)17)9-13(18)19/h3-7H,2,8-9H2,1H3,(H,16,17)(H,18,19)/b14-7-. The molecule has 0 amide bonds. The number of hydrogen-bond acceptors (Lipinski definition) is 5. The van der Waals surface area contributed by atoms with E-state index in [0.717, 1.165) is 5.01 Å². The summed E-state index contributed by atoms with van der Waals surface area (Å²) in [4.78, 5) is 21.2. The van der Waals surface area contributed by atoms with Crippen LogP contribution in [0.25, 0.3) is 0 Å². The number of aliphatic carboxylic acids is 2. The fraction of sp³-hybridized carbons (Fsp3) is 0.308. The number of carboxylic acids is 2. The topological polar surface area (TPSA) is 99.4 Å². The van der Waals surface area contributed by atoms with Gasteiger partial charge in [-0.2, -0.15) is 5.10 Å². The van der Waals surface area contributed by atoms with Crippen LogP contribution in [-0.4, -0.2) is 53.1 Å². The second-order valence-electron chi connectivity index (χ2n) is 3.86. The Labute approximate surface area is 116 Å². The number of rotatable bonds is 8. The highest BCUT2D eigenvalue weighted by Crippen LogP contribution is 2.11. The third kappa shape index (κ3) is 5.85. The number of carbonyl (C=O) groups is 2. The molecule has 0 aliphatic carbocycles. The molecule has 1 rings (SSSR count).